The number of aliphatic carboxylic acids is 4. The standard InChI is InChI=1S/2C10H16O4/c2*11-9(12)7-5-3-1-2-4-6-8-10(13)14/h2*5,7H,1-4,6,8H2,(H,11,12)(H,13,14). The van der Waals surface area contributed by atoms with Crippen molar-refractivity contribution in [2.24, 2.45) is 0 Å². The lowest BCUT2D eigenvalue weighted by Crippen LogP contribution is -1.93. The number of hydrogen-bond acceptors (Lipinski definition) is 4. The van der Waals surface area contributed by atoms with Gasteiger partial charge in [0.15, 0.2) is 0 Å². The van der Waals surface area contributed by atoms with Crippen LogP contribution in [0.3, 0.4) is 0 Å². The third-order valence-corrected chi connectivity index (χ3v) is 3.54. The van der Waals surface area contributed by atoms with E-state index in [4.69, 9.17) is 20.4 Å². The second-order valence-corrected chi connectivity index (χ2v) is 6.17. The molecule has 0 amide bonds. The average molecular weight is 400 g/mol. The lowest BCUT2D eigenvalue weighted by atomic mass is 10.1. The molecule has 0 atom stereocenters. The Bertz CT molecular complexity index is 462. The first-order valence-electron chi connectivity index (χ1n) is 9.48. The fourth-order valence-electron chi connectivity index (χ4n) is 2.15. The van der Waals surface area contributed by atoms with Gasteiger partial charge in [-0.2, -0.15) is 0 Å². The lowest BCUT2D eigenvalue weighted by Gasteiger charge is -1.96. The maximum absolute atomic E-state index is 10.1. The Morgan fingerprint density at radius 2 is 0.821 bits per heavy atom. The van der Waals surface area contributed by atoms with Gasteiger partial charge in [-0.3, -0.25) is 9.59 Å². The molecule has 8 nitrogen and oxygen atoms in total. The number of allylic oxidation sites excluding steroid dienone is 2. The van der Waals surface area contributed by atoms with Crippen LogP contribution in [-0.4, -0.2) is 44.3 Å². The highest BCUT2D eigenvalue weighted by atomic mass is 16.4. The minimum absolute atomic E-state index is 0.227. The summed E-state index contributed by atoms with van der Waals surface area (Å²) in [6.07, 6.45) is 14.4. The smallest absolute Gasteiger partial charge is 0.327 e. The molecule has 0 rings (SSSR count). The topological polar surface area (TPSA) is 149 Å². The fraction of sp³-hybridized carbons (Fsp3) is 0.600. The molecule has 160 valence electrons. The SMILES string of the molecule is O=C(O)C=CCCCCCCC(=O)O.O=C(O)C=CCCCCCCC(=O)O. The zero-order valence-corrected chi connectivity index (χ0v) is 16.2. The van der Waals surface area contributed by atoms with Crippen LogP contribution >= 0.6 is 0 Å². The molecule has 0 heterocycles. The first-order chi connectivity index (χ1) is 13.3. The number of hydrogen-bond donors (Lipinski definition) is 4. The average Bonchev–Trinajstić information content (AvgIpc) is 2.59. The summed E-state index contributed by atoms with van der Waals surface area (Å²) in [5.41, 5.74) is 0. The van der Waals surface area contributed by atoms with Gasteiger partial charge in [0.25, 0.3) is 0 Å². The zero-order valence-electron chi connectivity index (χ0n) is 16.2. The van der Waals surface area contributed by atoms with E-state index in [-0.39, 0.29) is 12.8 Å². The number of carbonyl (C=O) groups is 4. The summed E-state index contributed by atoms with van der Waals surface area (Å²) in [5.74, 6) is -3.35. The van der Waals surface area contributed by atoms with E-state index in [1.54, 1.807) is 12.2 Å². The van der Waals surface area contributed by atoms with Gasteiger partial charge in [0.05, 0.1) is 0 Å². The Balaban J connectivity index is 0. The molecular weight excluding hydrogens is 368 g/mol. The first kappa shape index (κ1) is 27.6. The molecular formula is C20H32O8. The summed E-state index contributed by atoms with van der Waals surface area (Å²) in [7, 11) is 0. The van der Waals surface area contributed by atoms with Crippen molar-refractivity contribution in [1.82, 2.24) is 0 Å². The van der Waals surface area contributed by atoms with Crippen molar-refractivity contribution < 1.29 is 39.6 Å². The molecule has 0 saturated carbocycles. The largest absolute Gasteiger partial charge is 0.481 e. The summed E-state index contributed by atoms with van der Waals surface area (Å²) >= 11 is 0. The molecule has 4 N–H and O–H groups in total. The summed E-state index contributed by atoms with van der Waals surface area (Å²) in [6, 6.07) is 0. The molecule has 0 fully saturated rings. The van der Waals surface area contributed by atoms with Gasteiger partial charge in [-0.05, 0) is 38.5 Å². The van der Waals surface area contributed by atoms with Crippen LogP contribution in [0.4, 0.5) is 0 Å². The van der Waals surface area contributed by atoms with Gasteiger partial charge in [0.1, 0.15) is 0 Å². The van der Waals surface area contributed by atoms with Crippen LogP contribution in [-0.2, 0) is 19.2 Å². The summed E-state index contributed by atoms with van der Waals surface area (Å²) in [5, 5.41) is 33.2. The van der Waals surface area contributed by atoms with E-state index in [0.29, 0.717) is 12.8 Å². The third kappa shape index (κ3) is 31.2. The van der Waals surface area contributed by atoms with Crippen LogP contribution in [0.2, 0.25) is 0 Å². The number of unbranched alkanes of at least 4 members (excludes halogenated alkanes) is 8. The van der Waals surface area contributed by atoms with E-state index in [0.717, 1.165) is 63.5 Å². The summed E-state index contributed by atoms with van der Waals surface area (Å²) in [4.78, 5) is 40.4. The summed E-state index contributed by atoms with van der Waals surface area (Å²) < 4.78 is 0. The second-order valence-electron chi connectivity index (χ2n) is 6.17. The molecule has 0 bridgehead atoms. The van der Waals surface area contributed by atoms with Crippen LogP contribution in [0.15, 0.2) is 24.3 Å². The molecule has 8 heteroatoms. The van der Waals surface area contributed by atoms with Crippen molar-refractivity contribution in [3.8, 4) is 0 Å². The van der Waals surface area contributed by atoms with E-state index >= 15 is 0 Å². The minimum Gasteiger partial charge on any atom is -0.481 e. The van der Waals surface area contributed by atoms with Gasteiger partial charge < -0.3 is 20.4 Å². The normalized spacial score (nSPS) is 10.6. The van der Waals surface area contributed by atoms with Gasteiger partial charge in [0.2, 0.25) is 0 Å². The Labute approximate surface area is 165 Å². The molecule has 0 aromatic carbocycles. The number of carboxylic acid groups (broad SMARTS) is 4. The van der Waals surface area contributed by atoms with Crippen LogP contribution < -0.4 is 0 Å². The van der Waals surface area contributed by atoms with Gasteiger partial charge in [-0.1, -0.05) is 37.8 Å². The van der Waals surface area contributed by atoms with Gasteiger partial charge >= 0.3 is 23.9 Å². The highest BCUT2D eigenvalue weighted by molar-refractivity contribution is 5.79. The Kier molecular flexibility index (Phi) is 20.4. The number of carboxylic acids is 4. The molecule has 0 aliphatic carbocycles. The first-order valence-corrected chi connectivity index (χ1v) is 9.48. The highest BCUT2D eigenvalue weighted by Gasteiger charge is 1.96. The Morgan fingerprint density at radius 3 is 1.11 bits per heavy atom. The fourth-order valence-corrected chi connectivity index (χ4v) is 2.15. The lowest BCUT2D eigenvalue weighted by molar-refractivity contribution is -0.138. The number of rotatable bonds is 16. The van der Waals surface area contributed by atoms with E-state index in [9.17, 15) is 19.2 Å². The van der Waals surface area contributed by atoms with Gasteiger partial charge in [0, 0.05) is 25.0 Å². The van der Waals surface area contributed by atoms with E-state index in [2.05, 4.69) is 0 Å². The molecule has 0 aromatic rings. The Hall–Kier alpha value is -2.64. The summed E-state index contributed by atoms with van der Waals surface area (Å²) in [6.45, 7) is 0. The monoisotopic (exact) mass is 400 g/mol. The van der Waals surface area contributed by atoms with Crippen molar-refractivity contribution in [2.75, 3.05) is 0 Å². The predicted octanol–water partition coefficient (Wildman–Crippen LogP) is 4.10. The molecule has 0 unspecified atom stereocenters. The van der Waals surface area contributed by atoms with Gasteiger partial charge in [-0.25, -0.2) is 9.59 Å². The second kappa shape index (κ2) is 20.7. The van der Waals surface area contributed by atoms with Gasteiger partial charge in [-0.15, -0.1) is 0 Å². The van der Waals surface area contributed by atoms with Crippen molar-refractivity contribution >= 4 is 23.9 Å². The third-order valence-electron chi connectivity index (χ3n) is 3.54. The predicted molar refractivity (Wildman–Crippen MR) is 104 cm³/mol. The highest BCUT2D eigenvalue weighted by Crippen LogP contribution is 2.06. The van der Waals surface area contributed by atoms with Crippen molar-refractivity contribution in [2.45, 2.75) is 77.0 Å². The van der Waals surface area contributed by atoms with E-state index in [1.165, 1.54) is 0 Å². The van der Waals surface area contributed by atoms with Crippen LogP contribution in [0.25, 0.3) is 0 Å². The molecule has 0 saturated heterocycles. The van der Waals surface area contributed by atoms with Crippen molar-refractivity contribution in [1.29, 1.82) is 0 Å². The molecule has 0 radical (unpaired) electrons. The Morgan fingerprint density at radius 1 is 0.500 bits per heavy atom. The van der Waals surface area contributed by atoms with Crippen molar-refractivity contribution in [3.05, 3.63) is 24.3 Å². The molecule has 0 spiro atoms. The van der Waals surface area contributed by atoms with Crippen LogP contribution in [0, 0.1) is 0 Å². The maximum Gasteiger partial charge on any atom is 0.327 e. The van der Waals surface area contributed by atoms with Crippen molar-refractivity contribution in [3.63, 3.8) is 0 Å². The van der Waals surface area contributed by atoms with Crippen LogP contribution in [0.5, 0.6) is 0 Å². The molecule has 28 heavy (non-hydrogen) atoms. The zero-order chi connectivity index (χ0) is 21.6. The maximum atomic E-state index is 10.1. The quantitative estimate of drug-likeness (QED) is 0.223. The van der Waals surface area contributed by atoms with E-state index < -0.39 is 23.9 Å². The minimum atomic E-state index is -0.920. The molecule has 0 aliphatic heterocycles. The molecule has 0 aliphatic rings. The van der Waals surface area contributed by atoms with E-state index in [1.807, 2.05) is 0 Å². The molecule has 0 aromatic heterocycles. The van der Waals surface area contributed by atoms with Crippen LogP contribution in [0.1, 0.15) is 77.0 Å².